The zero-order valence-electron chi connectivity index (χ0n) is 18.0. The summed E-state index contributed by atoms with van der Waals surface area (Å²) < 4.78 is 16.9. The van der Waals surface area contributed by atoms with Crippen molar-refractivity contribution in [3.8, 4) is 11.5 Å². The van der Waals surface area contributed by atoms with E-state index in [1.807, 2.05) is 33.8 Å². The summed E-state index contributed by atoms with van der Waals surface area (Å²) in [6, 6.07) is 6.13. The molecule has 2 N–H and O–H groups in total. The normalized spacial score (nSPS) is 11.1. The summed E-state index contributed by atoms with van der Waals surface area (Å²) in [6.07, 6.45) is 2.08. The molecule has 0 atom stereocenters. The molecular weight excluding hydrogens is 469 g/mol. The lowest BCUT2D eigenvalue weighted by atomic mass is 10.1. The van der Waals surface area contributed by atoms with E-state index in [9.17, 15) is 0 Å². The molecule has 0 bridgehead atoms. The minimum absolute atomic E-state index is 0. The van der Waals surface area contributed by atoms with Gasteiger partial charge in [0.25, 0.3) is 0 Å². The lowest BCUT2D eigenvalue weighted by Gasteiger charge is -2.14. The van der Waals surface area contributed by atoms with Crippen LogP contribution in [-0.2, 0) is 11.2 Å². The molecule has 0 heterocycles. The van der Waals surface area contributed by atoms with Crippen molar-refractivity contribution >= 4 is 29.9 Å². The highest BCUT2D eigenvalue weighted by atomic mass is 127. The lowest BCUT2D eigenvalue weighted by molar-refractivity contribution is 0.0782. The minimum Gasteiger partial charge on any atom is -0.490 e. The fourth-order valence-electron chi connectivity index (χ4n) is 2.49. The fraction of sp³-hybridized carbons (Fsp3) is 0.667. The van der Waals surface area contributed by atoms with Crippen LogP contribution in [0, 0.1) is 0 Å². The van der Waals surface area contributed by atoms with Crippen molar-refractivity contribution in [1.29, 1.82) is 0 Å². The van der Waals surface area contributed by atoms with Gasteiger partial charge in [-0.25, -0.2) is 0 Å². The van der Waals surface area contributed by atoms with Gasteiger partial charge in [-0.05, 0) is 65.2 Å². The van der Waals surface area contributed by atoms with E-state index in [4.69, 9.17) is 14.2 Å². The van der Waals surface area contributed by atoms with Gasteiger partial charge in [-0.3, -0.25) is 4.99 Å². The second-order valence-corrected chi connectivity index (χ2v) is 6.36. The number of halogens is 1. The van der Waals surface area contributed by atoms with Gasteiger partial charge in [-0.2, -0.15) is 0 Å². The summed E-state index contributed by atoms with van der Waals surface area (Å²) in [6.45, 7) is 14.5. The third-order valence-corrected chi connectivity index (χ3v) is 3.68. The summed E-state index contributed by atoms with van der Waals surface area (Å²) in [5.74, 6) is 2.45. The van der Waals surface area contributed by atoms with Crippen LogP contribution in [0.5, 0.6) is 11.5 Å². The molecule has 1 rings (SSSR count). The van der Waals surface area contributed by atoms with Crippen LogP contribution < -0.4 is 20.1 Å². The Hall–Kier alpha value is -1.22. The molecule has 0 aliphatic rings. The van der Waals surface area contributed by atoms with Crippen LogP contribution in [0.4, 0.5) is 0 Å². The van der Waals surface area contributed by atoms with Crippen LogP contribution in [0.15, 0.2) is 23.2 Å². The molecule has 7 heteroatoms. The highest BCUT2D eigenvalue weighted by Crippen LogP contribution is 2.28. The topological polar surface area (TPSA) is 64.1 Å². The maximum Gasteiger partial charge on any atom is 0.191 e. The molecule has 0 fully saturated rings. The number of rotatable bonds is 13. The molecule has 6 nitrogen and oxygen atoms in total. The summed E-state index contributed by atoms with van der Waals surface area (Å²) in [5.41, 5.74) is 1.20. The second kappa shape index (κ2) is 16.7. The fourth-order valence-corrected chi connectivity index (χ4v) is 2.49. The molecule has 162 valence electrons. The van der Waals surface area contributed by atoms with Crippen molar-refractivity contribution in [3.63, 3.8) is 0 Å². The average Bonchev–Trinajstić information content (AvgIpc) is 2.63. The molecule has 0 aromatic heterocycles. The average molecular weight is 507 g/mol. The molecule has 0 saturated carbocycles. The van der Waals surface area contributed by atoms with E-state index in [2.05, 4.69) is 34.7 Å². The van der Waals surface area contributed by atoms with Crippen molar-refractivity contribution in [2.45, 2.75) is 53.6 Å². The van der Waals surface area contributed by atoms with E-state index < -0.39 is 0 Å². The summed E-state index contributed by atoms with van der Waals surface area (Å²) in [5, 5.41) is 6.67. The molecule has 0 unspecified atom stereocenters. The number of nitrogens with zero attached hydrogens (tertiary/aromatic N) is 1. The molecule has 1 aromatic rings. The van der Waals surface area contributed by atoms with E-state index in [0.29, 0.717) is 13.2 Å². The molecular formula is C21H38IN3O3. The first kappa shape index (κ1) is 26.8. The Kier molecular flexibility index (Phi) is 16.0. The van der Waals surface area contributed by atoms with E-state index in [-0.39, 0.29) is 30.1 Å². The number of ether oxygens (including phenoxy) is 3. The van der Waals surface area contributed by atoms with Gasteiger partial charge < -0.3 is 24.8 Å². The standard InChI is InChI=1S/C21H37N3O3.HI/c1-6-22-21(23-13-9-15-27-17(4)5)24-14-12-18-10-11-19(25-7-2)20(16-18)26-8-3;/h10-11,16-17H,6-9,12-15H2,1-5H3,(H2,22,23,24);1H. The monoisotopic (exact) mass is 507 g/mol. The number of nitrogens with one attached hydrogen (secondary N) is 2. The number of benzene rings is 1. The van der Waals surface area contributed by atoms with Gasteiger partial charge in [-0.15, -0.1) is 24.0 Å². The quantitative estimate of drug-likeness (QED) is 0.183. The van der Waals surface area contributed by atoms with Crippen molar-refractivity contribution in [2.24, 2.45) is 4.99 Å². The van der Waals surface area contributed by atoms with Crippen molar-refractivity contribution in [3.05, 3.63) is 23.8 Å². The van der Waals surface area contributed by atoms with Crippen molar-refractivity contribution < 1.29 is 14.2 Å². The second-order valence-electron chi connectivity index (χ2n) is 6.36. The van der Waals surface area contributed by atoms with Gasteiger partial charge in [0.2, 0.25) is 0 Å². The largest absolute Gasteiger partial charge is 0.490 e. The van der Waals surface area contributed by atoms with Crippen molar-refractivity contribution in [1.82, 2.24) is 10.6 Å². The molecule has 0 aliphatic heterocycles. The van der Waals surface area contributed by atoms with Crippen LogP contribution in [-0.4, -0.2) is 51.5 Å². The number of aliphatic imine (C=N–C) groups is 1. The molecule has 28 heavy (non-hydrogen) atoms. The Morgan fingerprint density at radius 3 is 2.39 bits per heavy atom. The number of hydrogen-bond donors (Lipinski definition) is 2. The Morgan fingerprint density at radius 2 is 1.75 bits per heavy atom. The Balaban J connectivity index is 0.00000729. The minimum atomic E-state index is 0. The van der Waals surface area contributed by atoms with Crippen molar-refractivity contribution in [2.75, 3.05) is 39.5 Å². The van der Waals surface area contributed by atoms with Gasteiger partial charge in [0.1, 0.15) is 0 Å². The van der Waals surface area contributed by atoms with Crippen LogP contribution in [0.3, 0.4) is 0 Å². The Morgan fingerprint density at radius 1 is 1.04 bits per heavy atom. The van der Waals surface area contributed by atoms with Gasteiger partial charge in [0, 0.05) is 26.2 Å². The molecule has 0 amide bonds. The van der Waals surface area contributed by atoms with Gasteiger partial charge in [-0.1, -0.05) is 6.07 Å². The molecule has 1 aromatic carbocycles. The van der Waals surface area contributed by atoms with Crippen LogP contribution >= 0.6 is 24.0 Å². The van der Waals surface area contributed by atoms with E-state index >= 15 is 0 Å². The van der Waals surface area contributed by atoms with E-state index in [0.717, 1.165) is 56.5 Å². The molecule has 0 aliphatic carbocycles. The van der Waals surface area contributed by atoms with Crippen LogP contribution in [0.1, 0.15) is 46.6 Å². The Labute approximate surface area is 187 Å². The summed E-state index contributed by atoms with van der Waals surface area (Å²) in [7, 11) is 0. The smallest absolute Gasteiger partial charge is 0.191 e. The highest BCUT2D eigenvalue weighted by molar-refractivity contribution is 14.0. The van der Waals surface area contributed by atoms with Gasteiger partial charge >= 0.3 is 0 Å². The maximum atomic E-state index is 5.70. The molecule has 0 radical (unpaired) electrons. The zero-order valence-corrected chi connectivity index (χ0v) is 20.4. The van der Waals surface area contributed by atoms with Crippen LogP contribution in [0.25, 0.3) is 0 Å². The first-order chi connectivity index (χ1) is 13.1. The number of hydrogen-bond acceptors (Lipinski definition) is 4. The highest BCUT2D eigenvalue weighted by Gasteiger charge is 2.06. The predicted octanol–water partition coefficient (Wildman–Crippen LogP) is 4.01. The molecule has 0 spiro atoms. The van der Waals surface area contributed by atoms with Gasteiger partial charge in [0.05, 0.1) is 19.3 Å². The lowest BCUT2D eigenvalue weighted by Crippen LogP contribution is -2.38. The summed E-state index contributed by atoms with van der Waals surface area (Å²) >= 11 is 0. The van der Waals surface area contributed by atoms with Gasteiger partial charge in [0.15, 0.2) is 17.5 Å². The van der Waals surface area contributed by atoms with E-state index in [1.54, 1.807) is 0 Å². The SMILES string of the molecule is CCNC(=NCCCOC(C)C)NCCc1ccc(OCC)c(OCC)c1.I. The predicted molar refractivity (Wildman–Crippen MR) is 128 cm³/mol. The van der Waals surface area contributed by atoms with E-state index in [1.165, 1.54) is 5.56 Å². The molecule has 0 saturated heterocycles. The third-order valence-electron chi connectivity index (χ3n) is 3.68. The zero-order chi connectivity index (χ0) is 19.9. The first-order valence-electron chi connectivity index (χ1n) is 10.1. The number of guanidine groups is 1. The first-order valence-corrected chi connectivity index (χ1v) is 10.1. The Bertz CT molecular complexity index is 554. The maximum absolute atomic E-state index is 5.70. The van der Waals surface area contributed by atoms with Crippen LogP contribution in [0.2, 0.25) is 0 Å². The summed E-state index contributed by atoms with van der Waals surface area (Å²) in [4.78, 5) is 4.60. The third kappa shape index (κ3) is 11.6.